The van der Waals surface area contributed by atoms with Gasteiger partial charge in [-0.2, -0.15) is 0 Å². The monoisotopic (exact) mass is 303 g/mol. The number of hydrogen-bond acceptors (Lipinski definition) is 4. The standard InChI is InChI=1S/C15H17N3O2S/c1-9-12(13(20)17-15(2,3)8-19)21-14-16-10-6-4-5-7-11(10)18(9)14/h4-7,19H,8H2,1-3H3,(H,17,20). The lowest BCUT2D eigenvalue weighted by molar-refractivity contribution is 0.0872. The number of aliphatic hydroxyl groups excluding tert-OH is 1. The zero-order valence-electron chi connectivity index (χ0n) is 12.2. The first-order valence-electron chi connectivity index (χ1n) is 6.73. The zero-order valence-corrected chi connectivity index (χ0v) is 13.0. The van der Waals surface area contributed by atoms with Gasteiger partial charge in [-0.15, -0.1) is 0 Å². The van der Waals surface area contributed by atoms with Crippen LogP contribution in [0.5, 0.6) is 0 Å². The largest absolute Gasteiger partial charge is 0.394 e. The molecule has 0 radical (unpaired) electrons. The minimum atomic E-state index is -0.641. The van der Waals surface area contributed by atoms with Crippen LogP contribution in [0.4, 0.5) is 0 Å². The topological polar surface area (TPSA) is 66.6 Å². The Labute approximate surface area is 126 Å². The number of thiazole rings is 1. The molecular formula is C15H17N3O2S. The van der Waals surface area contributed by atoms with Crippen molar-refractivity contribution in [3.8, 4) is 0 Å². The molecule has 6 heteroatoms. The van der Waals surface area contributed by atoms with Gasteiger partial charge in [-0.05, 0) is 32.9 Å². The van der Waals surface area contributed by atoms with E-state index in [0.29, 0.717) is 4.88 Å². The van der Waals surface area contributed by atoms with Gasteiger partial charge in [-0.3, -0.25) is 9.20 Å². The summed E-state index contributed by atoms with van der Waals surface area (Å²) in [6.45, 7) is 5.38. The Morgan fingerprint density at radius 2 is 2.14 bits per heavy atom. The molecule has 0 spiro atoms. The molecule has 1 amide bonds. The molecule has 0 saturated heterocycles. The van der Waals surface area contributed by atoms with Crippen molar-refractivity contribution in [2.45, 2.75) is 26.3 Å². The van der Waals surface area contributed by atoms with Crippen LogP contribution in [-0.2, 0) is 0 Å². The van der Waals surface area contributed by atoms with Gasteiger partial charge in [-0.25, -0.2) is 4.98 Å². The quantitative estimate of drug-likeness (QED) is 0.780. The Kier molecular flexibility index (Phi) is 3.22. The highest BCUT2D eigenvalue weighted by atomic mass is 32.1. The molecule has 0 fully saturated rings. The first-order chi connectivity index (χ1) is 9.93. The molecule has 2 N–H and O–H groups in total. The molecule has 0 bridgehead atoms. The predicted molar refractivity (Wildman–Crippen MR) is 83.9 cm³/mol. The molecule has 2 aromatic heterocycles. The molecule has 0 aliphatic rings. The smallest absolute Gasteiger partial charge is 0.263 e. The number of nitrogens with one attached hydrogen (secondary N) is 1. The van der Waals surface area contributed by atoms with Gasteiger partial charge in [0.25, 0.3) is 5.91 Å². The lowest BCUT2D eigenvalue weighted by Crippen LogP contribution is -2.46. The molecule has 3 aromatic rings. The fourth-order valence-corrected chi connectivity index (χ4v) is 3.31. The number of carbonyl (C=O) groups is 1. The lowest BCUT2D eigenvalue weighted by atomic mass is 10.1. The summed E-state index contributed by atoms with van der Waals surface area (Å²) in [5, 5.41) is 12.1. The number of rotatable bonds is 3. The average Bonchev–Trinajstić information content (AvgIpc) is 2.95. The van der Waals surface area contributed by atoms with E-state index in [-0.39, 0.29) is 12.5 Å². The van der Waals surface area contributed by atoms with E-state index >= 15 is 0 Å². The van der Waals surface area contributed by atoms with Gasteiger partial charge in [0.2, 0.25) is 0 Å². The van der Waals surface area contributed by atoms with Crippen molar-refractivity contribution in [3.05, 3.63) is 34.8 Å². The van der Waals surface area contributed by atoms with Crippen molar-refractivity contribution in [2.75, 3.05) is 6.61 Å². The number of para-hydroxylation sites is 2. The summed E-state index contributed by atoms with van der Waals surface area (Å²) in [6, 6.07) is 7.87. The normalized spacial score (nSPS) is 12.2. The third kappa shape index (κ3) is 2.30. The summed E-state index contributed by atoms with van der Waals surface area (Å²) in [5.74, 6) is -0.175. The van der Waals surface area contributed by atoms with Crippen LogP contribution in [0.2, 0.25) is 0 Å². The van der Waals surface area contributed by atoms with Crippen LogP contribution < -0.4 is 5.32 Å². The van der Waals surface area contributed by atoms with Gasteiger partial charge in [0, 0.05) is 5.69 Å². The number of aliphatic hydroxyl groups is 1. The number of carbonyl (C=O) groups excluding carboxylic acids is 1. The van der Waals surface area contributed by atoms with Crippen LogP contribution in [0, 0.1) is 6.92 Å². The fourth-order valence-electron chi connectivity index (χ4n) is 2.28. The van der Waals surface area contributed by atoms with Crippen molar-refractivity contribution < 1.29 is 9.90 Å². The van der Waals surface area contributed by atoms with Gasteiger partial charge >= 0.3 is 0 Å². The number of hydrogen-bond donors (Lipinski definition) is 2. The van der Waals surface area contributed by atoms with Crippen LogP contribution in [0.1, 0.15) is 29.2 Å². The van der Waals surface area contributed by atoms with E-state index in [4.69, 9.17) is 0 Å². The van der Waals surface area contributed by atoms with Crippen molar-refractivity contribution in [3.63, 3.8) is 0 Å². The Balaban J connectivity index is 2.08. The van der Waals surface area contributed by atoms with E-state index in [0.717, 1.165) is 21.7 Å². The van der Waals surface area contributed by atoms with Gasteiger partial charge in [0.15, 0.2) is 4.96 Å². The number of aryl methyl sites for hydroxylation is 1. The lowest BCUT2D eigenvalue weighted by Gasteiger charge is -2.23. The molecule has 110 valence electrons. The van der Waals surface area contributed by atoms with E-state index in [1.807, 2.05) is 35.6 Å². The third-order valence-corrected chi connectivity index (χ3v) is 4.58. The summed E-state index contributed by atoms with van der Waals surface area (Å²) >= 11 is 1.37. The molecule has 2 heterocycles. The van der Waals surface area contributed by atoms with E-state index in [1.165, 1.54) is 11.3 Å². The maximum atomic E-state index is 12.4. The average molecular weight is 303 g/mol. The second-order valence-corrected chi connectivity index (χ2v) is 6.71. The first-order valence-corrected chi connectivity index (χ1v) is 7.54. The summed E-state index contributed by atoms with van der Waals surface area (Å²) in [7, 11) is 0. The van der Waals surface area contributed by atoms with Crippen LogP contribution in [0.25, 0.3) is 16.0 Å². The van der Waals surface area contributed by atoms with Crippen molar-refractivity contribution >= 4 is 33.2 Å². The van der Waals surface area contributed by atoms with Crippen LogP contribution >= 0.6 is 11.3 Å². The highest BCUT2D eigenvalue weighted by Gasteiger charge is 2.24. The summed E-state index contributed by atoms with van der Waals surface area (Å²) in [6.07, 6.45) is 0. The molecule has 0 saturated carbocycles. The van der Waals surface area contributed by atoms with E-state index in [9.17, 15) is 9.90 Å². The maximum Gasteiger partial charge on any atom is 0.263 e. The summed E-state index contributed by atoms with van der Waals surface area (Å²) in [5.41, 5.74) is 2.16. The molecule has 3 rings (SSSR count). The van der Waals surface area contributed by atoms with E-state index in [2.05, 4.69) is 10.3 Å². The number of benzene rings is 1. The SMILES string of the molecule is Cc1c(C(=O)NC(C)(C)CO)sc2nc3ccccc3n12. The Morgan fingerprint density at radius 3 is 2.86 bits per heavy atom. The van der Waals surface area contributed by atoms with Crippen molar-refractivity contribution in [1.82, 2.24) is 14.7 Å². The molecule has 5 nitrogen and oxygen atoms in total. The zero-order chi connectivity index (χ0) is 15.2. The molecule has 0 aliphatic carbocycles. The summed E-state index contributed by atoms with van der Waals surface area (Å²) in [4.78, 5) is 18.4. The Morgan fingerprint density at radius 1 is 1.43 bits per heavy atom. The van der Waals surface area contributed by atoms with Crippen LogP contribution in [0.3, 0.4) is 0 Å². The van der Waals surface area contributed by atoms with Crippen LogP contribution in [-0.4, -0.2) is 32.5 Å². The molecular weight excluding hydrogens is 286 g/mol. The second-order valence-electron chi connectivity index (χ2n) is 5.73. The number of nitrogens with zero attached hydrogens (tertiary/aromatic N) is 2. The Hall–Kier alpha value is -1.92. The number of amides is 1. The maximum absolute atomic E-state index is 12.4. The van der Waals surface area contributed by atoms with Crippen molar-refractivity contribution in [1.29, 1.82) is 0 Å². The first kappa shape index (κ1) is 14.0. The number of fused-ring (bicyclic) bond motifs is 3. The van der Waals surface area contributed by atoms with Gasteiger partial charge in [0.05, 0.1) is 23.2 Å². The highest BCUT2D eigenvalue weighted by Crippen LogP contribution is 2.27. The summed E-state index contributed by atoms with van der Waals surface area (Å²) < 4.78 is 2.00. The predicted octanol–water partition coefficient (Wildman–Crippen LogP) is 2.36. The highest BCUT2D eigenvalue weighted by molar-refractivity contribution is 7.19. The third-order valence-electron chi connectivity index (χ3n) is 3.44. The van der Waals surface area contributed by atoms with E-state index < -0.39 is 5.54 Å². The van der Waals surface area contributed by atoms with Crippen molar-refractivity contribution in [2.24, 2.45) is 0 Å². The number of aromatic nitrogens is 2. The van der Waals surface area contributed by atoms with E-state index in [1.54, 1.807) is 13.8 Å². The molecule has 0 aliphatic heterocycles. The van der Waals surface area contributed by atoms with Crippen LogP contribution in [0.15, 0.2) is 24.3 Å². The molecule has 1 aromatic carbocycles. The van der Waals surface area contributed by atoms with Gasteiger partial charge in [-0.1, -0.05) is 23.5 Å². The number of imidazole rings is 1. The minimum Gasteiger partial charge on any atom is -0.394 e. The second kappa shape index (κ2) is 4.82. The minimum absolute atomic E-state index is 0.108. The fraction of sp³-hybridized carbons (Fsp3) is 0.333. The molecule has 21 heavy (non-hydrogen) atoms. The molecule has 0 atom stereocenters. The van der Waals surface area contributed by atoms with Gasteiger partial charge in [0.1, 0.15) is 4.88 Å². The molecule has 0 unspecified atom stereocenters. The van der Waals surface area contributed by atoms with Gasteiger partial charge < -0.3 is 10.4 Å². The Bertz CT molecular complexity index is 832.